The van der Waals surface area contributed by atoms with E-state index in [0.717, 1.165) is 6.07 Å². The average Bonchev–Trinajstić information content (AvgIpc) is 2.15. The molecule has 0 aliphatic rings. The second kappa shape index (κ2) is 4.70. The fourth-order valence-electron chi connectivity index (χ4n) is 1.27. The van der Waals surface area contributed by atoms with Crippen LogP contribution in [0.15, 0.2) is 18.2 Å². The number of halogens is 4. The summed E-state index contributed by atoms with van der Waals surface area (Å²) in [6, 6.07) is 0.498. The highest BCUT2D eigenvalue weighted by molar-refractivity contribution is 5.73. The minimum atomic E-state index is -4.68. The van der Waals surface area contributed by atoms with E-state index in [9.17, 15) is 22.4 Å². The smallest absolute Gasteiger partial charge is 0.416 e. The maximum atomic E-state index is 12.9. The van der Waals surface area contributed by atoms with Gasteiger partial charge in [-0.3, -0.25) is 4.79 Å². The highest BCUT2D eigenvalue weighted by Crippen LogP contribution is 2.30. The molecule has 0 amide bonds. The van der Waals surface area contributed by atoms with Crippen LogP contribution in [0, 0.1) is 5.82 Å². The van der Waals surface area contributed by atoms with E-state index in [4.69, 9.17) is 10.8 Å². The second-order valence-electron chi connectivity index (χ2n) is 3.49. The number of aliphatic carboxylic acids is 1. The number of rotatable bonds is 3. The summed E-state index contributed by atoms with van der Waals surface area (Å²) < 4.78 is 49.9. The quantitative estimate of drug-likeness (QED) is 0.805. The normalized spacial score (nSPS) is 13.5. The van der Waals surface area contributed by atoms with Crippen LogP contribution in [0.4, 0.5) is 17.6 Å². The first-order valence-electron chi connectivity index (χ1n) is 4.55. The Hall–Kier alpha value is -1.63. The molecule has 1 aromatic rings. The molecule has 3 N–H and O–H groups in total. The van der Waals surface area contributed by atoms with Crippen molar-refractivity contribution in [1.29, 1.82) is 0 Å². The standard InChI is InChI=1S/C10H9F4NO2/c11-7-2-5(3-8(15)9(16)17)1-6(4-7)10(12,13)14/h1-2,4,8H,3,15H2,(H,16,17). The Bertz CT molecular complexity index is 431. The maximum absolute atomic E-state index is 12.9. The molecule has 0 heterocycles. The van der Waals surface area contributed by atoms with Crippen LogP contribution < -0.4 is 5.73 Å². The predicted molar refractivity (Wildman–Crippen MR) is 50.7 cm³/mol. The maximum Gasteiger partial charge on any atom is 0.416 e. The summed E-state index contributed by atoms with van der Waals surface area (Å²) in [7, 11) is 0. The molecule has 1 aromatic carbocycles. The minimum Gasteiger partial charge on any atom is -0.480 e. The zero-order valence-electron chi connectivity index (χ0n) is 8.46. The number of carboxylic acid groups (broad SMARTS) is 1. The van der Waals surface area contributed by atoms with Gasteiger partial charge in [-0.05, 0) is 30.2 Å². The average molecular weight is 251 g/mol. The van der Waals surface area contributed by atoms with Crippen molar-refractivity contribution in [3.05, 3.63) is 35.1 Å². The molecule has 0 bridgehead atoms. The van der Waals surface area contributed by atoms with E-state index in [1.54, 1.807) is 0 Å². The lowest BCUT2D eigenvalue weighted by molar-refractivity contribution is -0.138. The lowest BCUT2D eigenvalue weighted by Crippen LogP contribution is -2.32. The molecule has 0 saturated heterocycles. The van der Waals surface area contributed by atoms with E-state index in [2.05, 4.69) is 0 Å². The van der Waals surface area contributed by atoms with Gasteiger partial charge in [0.2, 0.25) is 0 Å². The Morgan fingerprint density at radius 2 is 1.94 bits per heavy atom. The first-order chi connectivity index (χ1) is 7.70. The first-order valence-corrected chi connectivity index (χ1v) is 4.55. The monoisotopic (exact) mass is 251 g/mol. The predicted octanol–water partition coefficient (Wildman–Crippen LogP) is 1.80. The van der Waals surface area contributed by atoms with E-state index in [-0.39, 0.29) is 12.0 Å². The molecule has 0 aliphatic heterocycles. The Morgan fingerprint density at radius 1 is 1.35 bits per heavy atom. The first kappa shape index (κ1) is 13.4. The van der Waals surface area contributed by atoms with E-state index in [0.29, 0.717) is 12.1 Å². The Balaban J connectivity index is 3.02. The van der Waals surface area contributed by atoms with E-state index >= 15 is 0 Å². The van der Waals surface area contributed by atoms with Crippen LogP contribution in [-0.4, -0.2) is 17.1 Å². The molecular formula is C10H9F4NO2. The summed E-state index contributed by atoms with van der Waals surface area (Å²) in [5.41, 5.74) is 3.89. The summed E-state index contributed by atoms with van der Waals surface area (Å²) in [6.07, 6.45) is -5.04. The fraction of sp³-hybridized carbons (Fsp3) is 0.300. The van der Waals surface area contributed by atoms with Gasteiger partial charge in [-0.1, -0.05) is 0 Å². The van der Waals surface area contributed by atoms with E-state index in [1.165, 1.54) is 0 Å². The summed E-state index contributed by atoms with van der Waals surface area (Å²) in [6.45, 7) is 0. The molecule has 0 aliphatic carbocycles. The van der Waals surface area contributed by atoms with Gasteiger partial charge in [-0.15, -0.1) is 0 Å². The Morgan fingerprint density at radius 3 is 2.41 bits per heavy atom. The highest BCUT2D eigenvalue weighted by Gasteiger charge is 2.31. The number of carboxylic acids is 1. The van der Waals surface area contributed by atoms with Crippen molar-refractivity contribution in [1.82, 2.24) is 0 Å². The number of hydrogen-bond donors (Lipinski definition) is 2. The third-order valence-corrected chi connectivity index (χ3v) is 2.06. The molecule has 1 rings (SSSR count). The van der Waals surface area contributed by atoms with Gasteiger partial charge in [0.15, 0.2) is 0 Å². The van der Waals surface area contributed by atoms with Crippen molar-refractivity contribution in [2.75, 3.05) is 0 Å². The molecule has 1 atom stereocenters. The summed E-state index contributed by atoms with van der Waals surface area (Å²) in [5, 5.41) is 8.50. The van der Waals surface area contributed by atoms with Crippen molar-refractivity contribution in [3.8, 4) is 0 Å². The molecule has 1 unspecified atom stereocenters. The van der Waals surface area contributed by atoms with Gasteiger partial charge in [-0.2, -0.15) is 13.2 Å². The molecule has 0 spiro atoms. The van der Waals surface area contributed by atoms with Crippen LogP contribution in [0.3, 0.4) is 0 Å². The molecule has 0 saturated carbocycles. The third kappa shape index (κ3) is 3.70. The van der Waals surface area contributed by atoms with Gasteiger partial charge in [0.25, 0.3) is 0 Å². The molecule has 7 heteroatoms. The molecule has 0 fully saturated rings. The number of carbonyl (C=O) groups is 1. The van der Waals surface area contributed by atoms with Crippen LogP contribution in [0.2, 0.25) is 0 Å². The summed E-state index contributed by atoms with van der Waals surface area (Å²) in [5.74, 6) is -2.43. The minimum absolute atomic E-state index is 0.104. The van der Waals surface area contributed by atoms with Crippen LogP contribution in [0.25, 0.3) is 0 Å². The Labute approximate surface area is 93.8 Å². The zero-order chi connectivity index (χ0) is 13.2. The van der Waals surface area contributed by atoms with E-state index < -0.39 is 29.6 Å². The van der Waals surface area contributed by atoms with Crippen LogP contribution >= 0.6 is 0 Å². The molecule has 3 nitrogen and oxygen atoms in total. The summed E-state index contributed by atoms with van der Waals surface area (Å²) >= 11 is 0. The van der Waals surface area contributed by atoms with Gasteiger partial charge in [0.1, 0.15) is 11.9 Å². The zero-order valence-corrected chi connectivity index (χ0v) is 8.46. The van der Waals surface area contributed by atoms with E-state index in [1.807, 2.05) is 0 Å². The van der Waals surface area contributed by atoms with Crippen molar-refractivity contribution in [2.45, 2.75) is 18.6 Å². The van der Waals surface area contributed by atoms with Gasteiger partial charge in [-0.25, -0.2) is 4.39 Å². The molecule has 94 valence electrons. The second-order valence-corrected chi connectivity index (χ2v) is 3.49. The number of nitrogens with two attached hydrogens (primary N) is 1. The van der Waals surface area contributed by atoms with Crippen molar-refractivity contribution in [3.63, 3.8) is 0 Å². The largest absolute Gasteiger partial charge is 0.480 e. The van der Waals surface area contributed by atoms with Crippen LogP contribution in [-0.2, 0) is 17.4 Å². The molecule has 17 heavy (non-hydrogen) atoms. The lowest BCUT2D eigenvalue weighted by Gasteiger charge is -2.11. The number of benzene rings is 1. The SMILES string of the molecule is NC(Cc1cc(F)cc(C(F)(F)F)c1)C(=O)O. The van der Waals surface area contributed by atoms with Crippen molar-refractivity contribution >= 4 is 5.97 Å². The fourth-order valence-corrected chi connectivity index (χ4v) is 1.27. The van der Waals surface area contributed by atoms with Crippen molar-refractivity contribution < 1.29 is 27.5 Å². The van der Waals surface area contributed by atoms with Crippen LogP contribution in [0.5, 0.6) is 0 Å². The third-order valence-electron chi connectivity index (χ3n) is 2.06. The van der Waals surface area contributed by atoms with Gasteiger partial charge < -0.3 is 10.8 Å². The molecule has 0 aromatic heterocycles. The highest BCUT2D eigenvalue weighted by atomic mass is 19.4. The van der Waals surface area contributed by atoms with Crippen LogP contribution in [0.1, 0.15) is 11.1 Å². The van der Waals surface area contributed by atoms with Gasteiger partial charge in [0.05, 0.1) is 5.56 Å². The van der Waals surface area contributed by atoms with Crippen molar-refractivity contribution in [2.24, 2.45) is 5.73 Å². The molecular weight excluding hydrogens is 242 g/mol. The molecule has 0 radical (unpaired) electrons. The Kier molecular flexibility index (Phi) is 3.72. The number of alkyl halides is 3. The summed E-state index contributed by atoms with van der Waals surface area (Å²) in [4.78, 5) is 10.4. The lowest BCUT2D eigenvalue weighted by atomic mass is 10.0. The van der Waals surface area contributed by atoms with Gasteiger partial charge in [0, 0.05) is 0 Å². The van der Waals surface area contributed by atoms with Gasteiger partial charge >= 0.3 is 12.1 Å². The topological polar surface area (TPSA) is 63.3 Å². The number of hydrogen-bond acceptors (Lipinski definition) is 2.